The van der Waals surface area contributed by atoms with Crippen molar-refractivity contribution in [2.75, 3.05) is 18.1 Å². The molecule has 1 unspecified atom stereocenters. The van der Waals surface area contributed by atoms with Crippen molar-refractivity contribution in [3.8, 4) is 11.4 Å². The van der Waals surface area contributed by atoms with E-state index >= 15 is 0 Å². The van der Waals surface area contributed by atoms with Crippen molar-refractivity contribution in [2.45, 2.75) is 31.9 Å². The summed E-state index contributed by atoms with van der Waals surface area (Å²) in [6.45, 7) is 1.58. The Hall–Kier alpha value is -2.15. The van der Waals surface area contributed by atoms with Gasteiger partial charge in [0.1, 0.15) is 0 Å². The Balaban J connectivity index is 1.78. The minimum absolute atomic E-state index is 0.316. The topological polar surface area (TPSA) is 105 Å². The Labute approximate surface area is 116 Å². The molecular weight excluding hydrogens is 256 g/mol. The van der Waals surface area contributed by atoms with Crippen molar-refractivity contribution in [1.82, 2.24) is 20.2 Å². The highest BCUT2D eigenvalue weighted by molar-refractivity contribution is 5.74. The largest absolute Gasteiger partial charge is 0.399 e. The maximum absolute atomic E-state index is 5.99. The Morgan fingerprint density at radius 2 is 2.25 bits per heavy atom. The average molecular weight is 274 g/mol. The van der Waals surface area contributed by atoms with Crippen LogP contribution < -0.4 is 11.5 Å². The van der Waals surface area contributed by atoms with Crippen LogP contribution in [0.5, 0.6) is 0 Å². The minimum atomic E-state index is 0.316. The molecule has 1 aliphatic rings. The Morgan fingerprint density at radius 3 is 3.00 bits per heavy atom. The Kier molecular flexibility index (Phi) is 3.51. The molecule has 1 aromatic carbocycles. The standard InChI is InChI=1S/C13H18N6O/c14-9-3-4-11(12(15)8-9)13-16-17-18-19(13)6-5-10-2-1-7-20-10/h3-4,8,10H,1-2,5-7,14-15H2. The maximum atomic E-state index is 5.99. The summed E-state index contributed by atoms with van der Waals surface area (Å²) in [6, 6.07) is 5.36. The zero-order valence-electron chi connectivity index (χ0n) is 11.2. The summed E-state index contributed by atoms with van der Waals surface area (Å²) < 4.78 is 7.38. The van der Waals surface area contributed by atoms with Crippen LogP contribution in [-0.2, 0) is 11.3 Å². The van der Waals surface area contributed by atoms with Crippen LogP contribution in [-0.4, -0.2) is 32.9 Å². The van der Waals surface area contributed by atoms with Gasteiger partial charge in [0.05, 0.1) is 6.10 Å². The third-order valence-electron chi connectivity index (χ3n) is 3.54. The Bertz CT molecular complexity index is 590. The number of anilines is 2. The summed E-state index contributed by atoms with van der Waals surface area (Å²) >= 11 is 0. The number of nitrogens with two attached hydrogens (primary N) is 2. The van der Waals surface area contributed by atoms with E-state index in [-0.39, 0.29) is 0 Å². The van der Waals surface area contributed by atoms with Gasteiger partial charge in [-0.15, -0.1) is 5.10 Å². The van der Waals surface area contributed by atoms with E-state index in [1.54, 1.807) is 16.8 Å². The zero-order valence-corrected chi connectivity index (χ0v) is 11.2. The van der Waals surface area contributed by atoms with E-state index in [4.69, 9.17) is 16.2 Å². The first kappa shape index (κ1) is 12.9. The van der Waals surface area contributed by atoms with Crippen molar-refractivity contribution in [3.05, 3.63) is 18.2 Å². The molecule has 1 fully saturated rings. The molecule has 1 atom stereocenters. The molecule has 106 valence electrons. The molecule has 0 amide bonds. The highest BCUT2D eigenvalue weighted by atomic mass is 16.5. The van der Waals surface area contributed by atoms with Gasteiger partial charge < -0.3 is 16.2 Å². The summed E-state index contributed by atoms with van der Waals surface area (Å²) in [6.07, 6.45) is 3.47. The van der Waals surface area contributed by atoms with Crippen molar-refractivity contribution < 1.29 is 4.74 Å². The fourth-order valence-electron chi connectivity index (χ4n) is 2.47. The van der Waals surface area contributed by atoms with E-state index in [9.17, 15) is 0 Å². The lowest BCUT2D eigenvalue weighted by Gasteiger charge is -2.10. The van der Waals surface area contributed by atoms with Crippen molar-refractivity contribution in [3.63, 3.8) is 0 Å². The second kappa shape index (κ2) is 5.46. The number of aryl methyl sites for hydroxylation is 1. The molecule has 3 rings (SSSR count). The first-order valence-corrected chi connectivity index (χ1v) is 6.77. The fraction of sp³-hybridized carbons (Fsp3) is 0.462. The molecule has 0 aliphatic carbocycles. The second-order valence-electron chi connectivity index (χ2n) is 5.00. The smallest absolute Gasteiger partial charge is 0.184 e. The van der Waals surface area contributed by atoms with Crippen LogP contribution in [0.2, 0.25) is 0 Å². The summed E-state index contributed by atoms with van der Waals surface area (Å²) in [7, 11) is 0. The average Bonchev–Trinajstić information content (AvgIpc) is 3.07. The minimum Gasteiger partial charge on any atom is -0.399 e. The maximum Gasteiger partial charge on any atom is 0.184 e. The molecule has 2 aromatic rings. The highest BCUT2D eigenvalue weighted by Gasteiger charge is 2.17. The number of ether oxygens (including phenoxy) is 1. The molecule has 7 nitrogen and oxygen atoms in total. The van der Waals surface area contributed by atoms with Gasteiger partial charge in [-0.2, -0.15) is 0 Å². The number of nitrogen functional groups attached to an aromatic ring is 2. The van der Waals surface area contributed by atoms with Crippen LogP contribution >= 0.6 is 0 Å². The van der Waals surface area contributed by atoms with Gasteiger partial charge in [0.15, 0.2) is 5.82 Å². The quantitative estimate of drug-likeness (QED) is 0.808. The number of tetrazole rings is 1. The molecule has 0 bridgehead atoms. The molecule has 1 saturated heterocycles. The number of hydrogen-bond acceptors (Lipinski definition) is 6. The van der Waals surface area contributed by atoms with E-state index in [0.29, 0.717) is 23.3 Å². The van der Waals surface area contributed by atoms with Crippen LogP contribution in [0.25, 0.3) is 11.4 Å². The zero-order chi connectivity index (χ0) is 13.9. The Morgan fingerprint density at radius 1 is 1.35 bits per heavy atom. The lowest BCUT2D eigenvalue weighted by Crippen LogP contribution is -2.12. The monoisotopic (exact) mass is 274 g/mol. The first-order valence-electron chi connectivity index (χ1n) is 6.77. The molecule has 4 N–H and O–H groups in total. The van der Waals surface area contributed by atoms with Gasteiger partial charge in [0, 0.05) is 30.1 Å². The van der Waals surface area contributed by atoms with Crippen LogP contribution in [0.3, 0.4) is 0 Å². The predicted molar refractivity (Wildman–Crippen MR) is 75.7 cm³/mol. The second-order valence-corrected chi connectivity index (χ2v) is 5.00. The molecule has 7 heteroatoms. The normalized spacial score (nSPS) is 18.5. The third-order valence-corrected chi connectivity index (χ3v) is 3.54. The summed E-state index contributed by atoms with van der Waals surface area (Å²) in [5, 5.41) is 11.8. The van der Waals surface area contributed by atoms with E-state index in [1.165, 1.54) is 0 Å². The van der Waals surface area contributed by atoms with Crippen molar-refractivity contribution in [2.24, 2.45) is 0 Å². The number of aromatic nitrogens is 4. The molecular formula is C13H18N6O. The third kappa shape index (κ3) is 2.57. The van der Waals surface area contributed by atoms with E-state index in [1.807, 2.05) is 6.07 Å². The number of hydrogen-bond donors (Lipinski definition) is 2. The SMILES string of the molecule is Nc1ccc(-c2nnnn2CCC2CCCO2)c(N)c1. The lowest BCUT2D eigenvalue weighted by atomic mass is 10.1. The lowest BCUT2D eigenvalue weighted by molar-refractivity contribution is 0.0994. The van der Waals surface area contributed by atoms with Gasteiger partial charge in [-0.05, 0) is 47.9 Å². The van der Waals surface area contributed by atoms with Gasteiger partial charge in [-0.3, -0.25) is 0 Å². The van der Waals surface area contributed by atoms with Gasteiger partial charge in [-0.1, -0.05) is 0 Å². The fourth-order valence-corrected chi connectivity index (χ4v) is 2.47. The van der Waals surface area contributed by atoms with Gasteiger partial charge in [0.2, 0.25) is 0 Å². The van der Waals surface area contributed by atoms with Gasteiger partial charge >= 0.3 is 0 Å². The van der Waals surface area contributed by atoms with E-state index in [0.717, 1.165) is 38.0 Å². The van der Waals surface area contributed by atoms with Gasteiger partial charge in [-0.25, -0.2) is 4.68 Å². The molecule has 0 saturated carbocycles. The number of rotatable bonds is 4. The summed E-state index contributed by atoms with van der Waals surface area (Å²) in [4.78, 5) is 0. The van der Waals surface area contributed by atoms with Crippen LogP contribution in [0, 0.1) is 0 Å². The van der Waals surface area contributed by atoms with Crippen molar-refractivity contribution >= 4 is 11.4 Å². The van der Waals surface area contributed by atoms with Crippen molar-refractivity contribution in [1.29, 1.82) is 0 Å². The van der Waals surface area contributed by atoms with Crippen LogP contribution in [0.15, 0.2) is 18.2 Å². The first-order chi connectivity index (χ1) is 9.74. The van der Waals surface area contributed by atoms with E-state index in [2.05, 4.69) is 15.5 Å². The van der Waals surface area contributed by atoms with E-state index < -0.39 is 0 Å². The van der Waals surface area contributed by atoms with Gasteiger partial charge in [0.25, 0.3) is 0 Å². The molecule has 1 aromatic heterocycles. The molecule has 0 radical (unpaired) electrons. The highest BCUT2D eigenvalue weighted by Crippen LogP contribution is 2.26. The molecule has 1 aliphatic heterocycles. The predicted octanol–water partition coefficient (Wildman–Crippen LogP) is 1.07. The number of nitrogens with zero attached hydrogens (tertiary/aromatic N) is 4. The molecule has 0 spiro atoms. The van der Waals surface area contributed by atoms with Crippen LogP contribution in [0.4, 0.5) is 11.4 Å². The summed E-state index contributed by atoms with van der Waals surface area (Å²) in [5.41, 5.74) is 13.7. The molecule has 20 heavy (non-hydrogen) atoms. The molecule has 2 heterocycles. The van der Waals surface area contributed by atoms with Crippen LogP contribution in [0.1, 0.15) is 19.3 Å². The number of benzene rings is 1. The summed E-state index contributed by atoms with van der Waals surface area (Å²) in [5.74, 6) is 0.667.